The van der Waals surface area contributed by atoms with Crippen LogP contribution in [0.3, 0.4) is 0 Å². The molecule has 3 heterocycles. The van der Waals surface area contributed by atoms with Gasteiger partial charge in [-0.3, -0.25) is 14.6 Å². The molecule has 0 atom stereocenters. The molecule has 0 spiro atoms. The molecule has 2 aromatic rings. The Morgan fingerprint density at radius 3 is 2.73 bits per heavy atom. The summed E-state index contributed by atoms with van der Waals surface area (Å²) in [5.41, 5.74) is 1.32. The van der Waals surface area contributed by atoms with Crippen LogP contribution >= 0.6 is 0 Å². The second kappa shape index (κ2) is 5.88. The van der Waals surface area contributed by atoms with E-state index < -0.39 is 0 Å². The third-order valence-electron chi connectivity index (χ3n) is 3.49. The van der Waals surface area contributed by atoms with E-state index in [0.717, 1.165) is 5.56 Å². The van der Waals surface area contributed by atoms with Crippen LogP contribution in [-0.2, 0) is 4.79 Å². The molecule has 1 aliphatic heterocycles. The number of pyridine rings is 1. The molecule has 2 amide bonds. The van der Waals surface area contributed by atoms with Crippen molar-refractivity contribution in [2.75, 3.05) is 18.4 Å². The molecule has 0 aliphatic carbocycles. The van der Waals surface area contributed by atoms with Crippen molar-refractivity contribution in [2.24, 2.45) is 5.92 Å². The SMILES string of the molecule is Cc1ccnc(NC(=O)C2CN(C(=O)c3cnccn3)C2)c1. The Kier molecular flexibility index (Phi) is 3.78. The van der Waals surface area contributed by atoms with Gasteiger partial charge in [-0.05, 0) is 24.6 Å². The summed E-state index contributed by atoms with van der Waals surface area (Å²) in [6, 6.07) is 3.67. The molecule has 1 fully saturated rings. The number of hydrogen-bond donors (Lipinski definition) is 1. The molecular formula is C15H15N5O2. The van der Waals surface area contributed by atoms with Gasteiger partial charge in [0, 0.05) is 31.7 Å². The second-order valence-corrected chi connectivity index (χ2v) is 5.21. The summed E-state index contributed by atoms with van der Waals surface area (Å²) in [6.07, 6.45) is 6.06. The first-order valence-corrected chi connectivity index (χ1v) is 6.92. The van der Waals surface area contributed by atoms with Gasteiger partial charge in [0.05, 0.1) is 12.1 Å². The summed E-state index contributed by atoms with van der Waals surface area (Å²) >= 11 is 0. The number of aryl methyl sites for hydroxylation is 1. The summed E-state index contributed by atoms with van der Waals surface area (Å²) in [5.74, 6) is -0.0150. The highest BCUT2D eigenvalue weighted by Crippen LogP contribution is 2.19. The number of carbonyl (C=O) groups excluding carboxylic acids is 2. The van der Waals surface area contributed by atoms with Crippen molar-refractivity contribution < 1.29 is 9.59 Å². The van der Waals surface area contributed by atoms with Gasteiger partial charge in [-0.25, -0.2) is 9.97 Å². The lowest BCUT2D eigenvalue weighted by Crippen LogP contribution is -2.54. The number of carbonyl (C=O) groups is 2. The van der Waals surface area contributed by atoms with Gasteiger partial charge in [0.1, 0.15) is 11.5 Å². The molecule has 112 valence electrons. The minimum absolute atomic E-state index is 0.124. The van der Waals surface area contributed by atoms with Crippen LogP contribution in [0, 0.1) is 12.8 Å². The third-order valence-corrected chi connectivity index (χ3v) is 3.49. The smallest absolute Gasteiger partial charge is 0.274 e. The Bertz CT molecular complexity index is 698. The highest BCUT2D eigenvalue weighted by Gasteiger charge is 2.36. The maximum absolute atomic E-state index is 12.1. The molecule has 2 aromatic heterocycles. The Morgan fingerprint density at radius 1 is 1.23 bits per heavy atom. The molecule has 1 N–H and O–H groups in total. The maximum atomic E-state index is 12.1. The van der Waals surface area contributed by atoms with Crippen LogP contribution < -0.4 is 5.32 Å². The van der Waals surface area contributed by atoms with E-state index in [9.17, 15) is 9.59 Å². The van der Waals surface area contributed by atoms with Crippen LogP contribution in [-0.4, -0.2) is 44.8 Å². The van der Waals surface area contributed by atoms with E-state index >= 15 is 0 Å². The standard InChI is InChI=1S/C15H15N5O2/c1-10-2-3-18-13(6-10)19-14(21)11-8-20(9-11)15(22)12-7-16-4-5-17-12/h2-7,11H,8-9H2,1H3,(H,18,19,21). The zero-order valence-corrected chi connectivity index (χ0v) is 12.1. The van der Waals surface area contributed by atoms with E-state index in [1.54, 1.807) is 17.2 Å². The molecule has 0 saturated carbocycles. The number of amides is 2. The predicted octanol–water partition coefficient (Wildman–Crippen LogP) is 0.891. The van der Waals surface area contributed by atoms with Crippen molar-refractivity contribution in [3.05, 3.63) is 48.2 Å². The Labute approximate surface area is 127 Å². The summed E-state index contributed by atoms with van der Waals surface area (Å²) in [4.78, 5) is 37.7. The summed E-state index contributed by atoms with van der Waals surface area (Å²) in [6.45, 7) is 2.70. The van der Waals surface area contributed by atoms with Gasteiger partial charge < -0.3 is 10.2 Å². The van der Waals surface area contributed by atoms with E-state index in [0.29, 0.717) is 24.6 Å². The highest BCUT2D eigenvalue weighted by atomic mass is 16.2. The predicted molar refractivity (Wildman–Crippen MR) is 79.0 cm³/mol. The van der Waals surface area contributed by atoms with Crippen LogP contribution in [0.1, 0.15) is 16.1 Å². The van der Waals surface area contributed by atoms with E-state index in [-0.39, 0.29) is 17.7 Å². The highest BCUT2D eigenvalue weighted by molar-refractivity contribution is 5.97. The first kappa shape index (κ1) is 14.1. The molecule has 0 unspecified atom stereocenters. The number of nitrogens with zero attached hydrogens (tertiary/aromatic N) is 4. The summed E-state index contributed by atoms with van der Waals surface area (Å²) < 4.78 is 0. The van der Waals surface area contributed by atoms with Crippen LogP contribution in [0.4, 0.5) is 5.82 Å². The van der Waals surface area contributed by atoms with E-state index in [2.05, 4.69) is 20.3 Å². The van der Waals surface area contributed by atoms with Crippen molar-refractivity contribution in [3.63, 3.8) is 0 Å². The number of rotatable bonds is 3. The molecule has 7 nitrogen and oxygen atoms in total. The normalized spacial score (nSPS) is 14.3. The van der Waals surface area contributed by atoms with E-state index in [1.165, 1.54) is 18.6 Å². The maximum Gasteiger partial charge on any atom is 0.274 e. The quantitative estimate of drug-likeness (QED) is 0.909. The average molecular weight is 297 g/mol. The fourth-order valence-corrected chi connectivity index (χ4v) is 2.21. The molecule has 3 rings (SSSR count). The van der Waals surface area contributed by atoms with E-state index in [1.807, 2.05) is 13.0 Å². The van der Waals surface area contributed by atoms with Gasteiger partial charge >= 0.3 is 0 Å². The third kappa shape index (κ3) is 2.93. The lowest BCUT2D eigenvalue weighted by Gasteiger charge is -2.37. The monoisotopic (exact) mass is 297 g/mol. The minimum Gasteiger partial charge on any atom is -0.336 e. The molecule has 1 saturated heterocycles. The molecule has 0 bridgehead atoms. The van der Waals surface area contributed by atoms with Crippen molar-refractivity contribution in [1.82, 2.24) is 19.9 Å². The molecule has 1 aliphatic rings. The van der Waals surface area contributed by atoms with Crippen molar-refractivity contribution >= 4 is 17.6 Å². The van der Waals surface area contributed by atoms with E-state index in [4.69, 9.17) is 0 Å². The van der Waals surface area contributed by atoms with Gasteiger partial charge in [0.25, 0.3) is 5.91 Å². The van der Waals surface area contributed by atoms with Crippen molar-refractivity contribution in [3.8, 4) is 0 Å². The zero-order valence-electron chi connectivity index (χ0n) is 12.1. The minimum atomic E-state index is -0.220. The fourth-order valence-electron chi connectivity index (χ4n) is 2.21. The van der Waals surface area contributed by atoms with Gasteiger partial charge in [-0.2, -0.15) is 0 Å². The number of hydrogen-bond acceptors (Lipinski definition) is 5. The van der Waals surface area contributed by atoms with Gasteiger partial charge in [-0.1, -0.05) is 0 Å². The van der Waals surface area contributed by atoms with Gasteiger partial charge in [-0.15, -0.1) is 0 Å². The van der Waals surface area contributed by atoms with Gasteiger partial charge in [0.15, 0.2) is 0 Å². The topological polar surface area (TPSA) is 88.1 Å². The largest absolute Gasteiger partial charge is 0.336 e. The molecule has 0 radical (unpaired) electrons. The first-order chi connectivity index (χ1) is 10.6. The van der Waals surface area contributed by atoms with Crippen molar-refractivity contribution in [2.45, 2.75) is 6.92 Å². The number of nitrogens with one attached hydrogen (secondary N) is 1. The summed E-state index contributed by atoms with van der Waals surface area (Å²) in [5, 5.41) is 2.77. The number of likely N-dealkylation sites (tertiary alicyclic amines) is 1. The molecule has 0 aromatic carbocycles. The first-order valence-electron chi connectivity index (χ1n) is 6.92. The molecular weight excluding hydrogens is 282 g/mol. The van der Waals surface area contributed by atoms with Crippen LogP contribution in [0.25, 0.3) is 0 Å². The number of anilines is 1. The van der Waals surface area contributed by atoms with Crippen LogP contribution in [0.2, 0.25) is 0 Å². The van der Waals surface area contributed by atoms with Crippen LogP contribution in [0.15, 0.2) is 36.9 Å². The summed E-state index contributed by atoms with van der Waals surface area (Å²) in [7, 11) is 0. The Morgan fingerprint density at radius 2 is 2.05 bits per heavy atom. The van der Waals surface area contributed by atoms with Crippen LogP contribution in [0.5, 0.6) is 0 Å². The zero-order chi connectivity index (χ0) is 15.5. The van der Waals surface area contributed by atoms with Gasteiger partial charge in [0.2, 0.25) is 5.91 Å². The number of aromatic nitrogens is 3. The second-order valence-electron chi connectivity index (χ2n) is 5.21. The lowest BCUT2D eigenvalue weighted by atomic mass is 9.98. The Hall–Kier alpha value is -2.83. The molecule has 22 heavy (non-hydrogen) atoms. The Balaban J connectivity index is 1.55. The molecule has 7 heteroatoms. The lowest BCUT2D eigenvalue weighted by molar-refractivity contribution is -0.123. The average Bonchev–Trinajstić information content (AvgIpc) is 2.46. The fraction of sp³-hybridized carbons (Fsp3) is 0.267. The van der Waals surface area contributed by atoms with Crippen molar-refractivity contribution in [1.29, 1.82) is 0 Å².